The van der Waals surface area contributed by atoms with E-state index in [1.807, 2.05) is 0 Å². The van der Waals surface area contributed by atoms with Gasteiger partial charge in [-0.1, -0.05) is 18.2 Å². The topological polar surface area (TPSA) is 50.2 Å². The number of piperidine rings is 1. The summed E-state index contributed by atoms with van der Waals surface area (Å²) in [5.41, 5.74) is 0.505. The van der Waals surface area contributed by atoms with Crippen molar-refractivity contribution in [2.24, 2.45) is 7.05 Å². The number of benzene rings is 1. The lowest BCUT2D eigenvalue weighted by molar-refractivity contribution is -0.137. The molecule has 1 saturated heterocycles. The Bertz CT molecular complexity index is 860. The third kappa shape index (κ3) is 4.90. The molecule has 0 amide bonds. The Morgan fingerprint density at radius 3 is 2.67 bits per heavy atom. The molecule has 5 nitrogen and oxygen atoms in total. The van der Waals surface area contributed by atoms with Crippen LogP contribution in [0.15, 0.2) is 39.7 Å². The van der Waals surface area contributed by atoms with Crippen LogP contribution in [0, 0.1) is 0 Å². The van der Waals surface area contributed by atoms with Crippen molar-refractivity contribution in [1.82, 2.24) is 14.7 Å². The van der Waals surface area contributed by atoms with Gasteiger partial charge in [0, 0.05) is 32.7 Å². The van der Waals surface area contributed by atoms with Crippen LogP contribution in [0.1, 0.15) is 24.0 Å². The summed E-state index contributed by atoms with van der Waals surface area (Å²) in [6.45, 7) is 2.03. The minimum atomic E-state index is -4.32. The number of anilines is 1. The van der Waals surface area contributed by atoms with Gasteiger partial charge in [-0.15, -0.1) is 0 Å². The van der Waals surface area contributed by atoms with E-state index < -0.39 is 11.7 Å². The van der Waals surface area contributed by atoms with Crippen LogP contribution >= 0.6 is 15.9 Å². The smallest absolute Gasteiger partial charge is 0.380 e. The zero-order chi connectivity index (χ0) is 19.6. The Labute approximate surface area is 163 Å². The van der Waals surface area contributed by atoms with E-state index in [2.05, 4.69) is 31.2 Å². The molecule has 1 N–H and O–H groups in total. The van der Waals surface area contributed by atoms with Crippen molar-refractivity contribution in [2.45, 2.75) is 31.6 Å². The van der Waals surface area contributed by atoms with Crippen LogP contribution in [-0.2, 0) is 19.8 Å². The van der Waals surface area contributed by atoms with Crippen LogP contribution in [0.3, 0.4) is 0 Å². The first-order valence-corrected chi connectivity index (χ1v) is 9.40. The van der Waals surface area contributed by atoms with Crippen LogP contribution in [0.25, 0.3) is 0 Å². The predicted molar refractivity (Wildman–Crippen MR) is 101 cm³/mol. The molecule has 9 heteroatoms. The van der Waals surface area contributed by atoms with Gasteiger partial charge in [0.2, 0.25) is 0 Å². The summed E-state index contributed by atoms with van der Waals surface area (Å²) in [6.07, 6.45) is -1.04. The molecule has 1 aliphatic rings. The lowest BCUT2D eigenvalue weighted by Crippen LogP contribution is -2.39. The van der Waals surface area contributed by atoms with E-state index >= 15 is 0 Å². The van der Waals surface area contributed by atoms with Gasteiger partial charge in [-0.05, 0) is 40.4 Å². The van der Waals surface area contributed by atoms with Crippen molar-refractivity contribution in [1.29, 1.82) is 0 Å². The molecule has 2 heterocycles. The number of halogens is 4. The van der Waals surface area contributed by atoms with E-state index in [1.54, 1.807) is 19.3 Å². The van der Waals surface area contributed by atoms with Gasteiger partial charge in [-0.25, -0.2) is 4.68 Å². The summed E-state index contributed by atoms with van der Waals surface area (Å²) >= 11 is 3.30. The molecule has 27 heavy (non-hydrogen) atoms. The normalized spacial score (nSPS) is 16.5. The number of rotatable bonds is 4. The number of hydrogen-bond acceptors (Lipinski definition) is 4. The molecule has 1 fully saturated rings. The van der Waals surface area contributed by atoms with Gasteiger partial charge < -0.3 is 5.32 Å². The van der Waals surface area contributed by atoms with E-state index in [-0.39, 0.29) is 11.6 Å². The molecule has 146 valence electrons. The van der Waals surface area contributed by atoms with Crippen molar-refractivity contribution < 1.29 is 13.2 Å². The van der Waals surface area contributed by atoms with Crippen molar-refractivity contribution in [3.63, 3.8) is 0 Å². The highest BCUT2D eigenvalue weighted by molar-refractivity contribution is 9.10. The van der Waals surface area contributed by atoms with Crippen LogP contribution in [0.4, 0.5) is 18.9 Å². The van der Waals surface area contributed by atoms with Crippen molar-refractivity contribution in [2.75, 3.05) is 18.4 Å². The molecule has 2 aromatic rings. The first-order chi connectivity index (χ1) is 12.7. The third-order valence-corrected chi connectivity index (χ3v) is 5.45. The minimum absolute atomic E-state index is 0.188. The first kappa shape index (κ1) is 19.9. The van der Waals surface area contributed by atoms with E-state index in [9.17, 15) is 18.0 Å². The summed E-state index contributed by atoms with van der Waals surface area (Å²) in [5.74, 6) is 0. The molecule has 0 radical (unpaired) electrons. The van der Waals surface area contributed by atoms with Crippen LogP contribution in [0.5, 0.6) is 0 Å². The second kappa shape index (κ2) is 8.02. The van der Waals surface area contributed by atoms with Gasteiger partial charge in [-0.2, -0.15) is 18.3 Å². The molecule has 0 aliphatic carbocycles. The highest BCUT2D eigenvalue weighted by Gasteiger charge is 2.30. The zero-order valence-electron chi connectivity index (χ0n) is 14.8. The standard InChI is InChI=1S/C18H20BrF3N4O/c1-25-17(27)16(19)15(10-23-25)24-14-5-7-26(8-6-14)11-12-3-2-4-13(9-12)18(20,21)22/h2-4,9-10,14,24H,5-8,11H2,1H3. The summed E-state index contributed by atoms with van der Waals surface area (Å²) in [5, 5.41) is 7.35. The summed E-state index contributed by atoms with van der Waals surface area (Å²) in [7, 11) is 1.59. The second-order valence-corrected chi connectivity index (χ2v) is 7.49. The molecule has 0 atom stereocenters. The number of nitrogens with one attached hydrogen (secondary N) is 1. The second-order valence-electron chi connectivity index (χ2n) is 6.69. The van der Waals surface area contributed by atoms with Gasteiger partial charge in [0.15, 0.2) is 0 Å². The maximum atomic E-state index is 12.8. The third-order valence-electron chi connectivity index (χ3n) is 4.69. The van der Waals surface area contributed by atoms with Gasteiger partial charge in [-0.3, -0.25) is 9.69 Å². The van der Waals surface area contributed by atoms with E-state index in [1.165, 1.54) is 16.8 Å². The maximum absolute atomic E-state index is 12.8. The Balaban J connectivity index is 1.57. The number of aryl methyl sites for hydroxylation is 1. The van der Waals surface area contributed by atoms with Gasteiger partial charge in [0.25, 0.3) is 5.56 Å². The molecule has 1 aromatic heterocycles. The number of aromatic nitrogens is 2. The van der Waals surface area contributed by atoms with Crippen LogP contribution in [-0.4, -0.2) is 33.8 Å². The number of alkyl halides is 3. The molecule has 3 rings (SSSR count). The number of hydrogen-bond donors (Lipinski definition) is 1. The van der Waals surface area contributed by atoms with Crippen molar-refractivity contribution >= 4 is 21.6 Å². The molecule has 1 aliphatic heterocycles. The SMILES string of the molecule is Cn1ncc(NC2CCN(Cc3cccc(C(F)(F)F)c3)CC2)c(Br)c1=O. The van der Waals surface area contributed by atoms with Crippen LogP contribution in [0.2, 0.25) is 0 Å². The monoisotopic (exact) mass is 444 g/mol. The van der Waals surface area contributed by atoms with Gasteiger partial charge in [0.05, 0.1) is 17.4 Å². The van der Waals surface area contributed by atoms with E-state index in [0.29, 0.717) is 22.3 Å². The van der Waals surface area contributed by atoms with Crippen molar-refractivity contribution in [3.8, 4) is 0 Å². The summed E-state index contributed by atoms with van der Waals surface area (Å²) in [6, 6.07) is 5.67. The fraction of sp³-hybridized carbons (Fsp3) is 0.444. The molecular weight excluding hydrogens is 425 g/mol. The molecule has 1 aromatic carbocycles. The highest BCUT2D eigenvalue weighted by atomic mass is 79.9. The first-order valence-electron chi connectivity index (χ1n) is 8.61. The molecule has 0 saturated carbocycles. The lowest BCUT2D eigenvalue weighted by Gasteiger charge is -2.33. The largest absolute Gasteiger partial charge is 0.416 e. The van der Waals surface area contributed by atoms with Crippen LogP contribution < -0.4 is 10.9 Å². The summed E-state index contributed by atoms with van der Waals surface area (Å²) < 4.78 is 40.2. The summed E-state index contributed by atoms with van der Waals surface area (Å²) in [4.78, 5) is 14.1. The molecular formula is C18H20BrF3N4O. The molecule has 0 unspecified atom stereocenters. The maximum Gasteiger partial charge on any atom is 0.416 e. The highest BCUT2D eigenvalue weighted by Crippen LogP contribution is 2.30. The Morgan fingerprint density at radius 2 is 2.00 bits per heavy atom. The Morgan fingerprint density at radius 1 is 1.30 bits per heavy atom. The van der Waals surface area contributed by atoms with E-state index in [4.69, 9.17) is 0 Å². The Kier molecular flexibility index (Phi) is 5.90. The number of nitrogens with zero attached hydrogens (tertiary/aromatic N) is 3. The fourth-order valence-electron chi connectivity index (χ4n) is 3.17. The Hall–Kier alpha value is -1.87. The molecule has 0 bridgehead atoms. The predicted octanol–water partition coefficient (Wildman–Crippen LogP) is 3.64. The molecule has 0 spiro atoms. The van der Waals surface area contributed by atoms with E-state index in [0.717, 1.165) is 32.0 Å². The quantitative estimate of drug-likeness (QED) is 0.781. The van der Waals surface area contributed by atoms with Crippen molar-refractivity contribution in [3.05, 3.63) is 56.4 Å². The fourth-order valence-corrected chi connectivity index (χ4v) is 3.64. The number of likely N-dealkylation sites (tertiary alicyclic amines) is 1. The minimum Gasteiger partial charge on any atom is -0.380 e. The zero-order valence-corrected chi connectivity index (χ0v) is 16.3. The van der Waals surface area contributed by atoms with Gasteiger partial charge in [0.1, 0.15) is 4.47 Å². The lowest BCUT2D eigenvalue weighted by atomic mass is 10.0. The average Bonchev–Trinajstić information content (AvgIpc) is 2.63. The van der Waals surface area contributed by atoms with Gasteiger partial charge >= 0.3 is 6.18 Å². The average molecular weight is 445 g/mol.